The number of halogens is 1. The number of aromatic nitrogens is 1. The number of nitrogens with zero attached hydrogens (tertiary/aromatic N) is 1. The van der Waals surface area contributed by atoms with E-state index in [-0.39, 0.29) is 24.1 Å². The van der Waals surface area contributed by atoms with E-state index in [0.717, 1.165) is 5.39 Å². The van der Waals surface area contributed by atoms with Gasteiger partial charge in [-0.15, -0.1) is 0 Å². The van der Waals surface area contributed by atoms with Gasteiger partial charge in [-0.05, 0) is 60.8 Å². The minimum atomic E-state index is -0.335. The van der Waals surface area contributed by atoms with Crippen LogP contribution in [0.1, 0.15) is 17.3 Å². The van der Waals surface area contributed by atoms with Crippen molar-refractivity contribution in [2.45, 2.75) is 13.5 Å². The number of ketones is 1. The lowest BCUT2D eigenvalue weighted by molar-refractivity contribution is -0.116. The molecule has 0 saturated heterocycles. The van der Waals surface area contributed by atoms with Gasteiger partial charge in [-0.2, -0.15) is 0 Å². The summed E-state index contributed by atoms with van der Waals surface area (Å²) in [5.41, 5.74) is 1.88. The third kappa shape index (κ3) is 3.29. The molecule has 0 atom stereocenters. The third-order valence-electron chi connectivity index (χ3n) is 3.63. The van der Waals surface area contributed by atoms with Gasteiger partial charge in [-0.3, -0.25) is 9.59 Å². The lowest BCUT2D eigenvalue weighted by atomic mass is 10.1. The Morgan fingerprint density at radius 3 is 2.52 bits per heavy atom. The summed E-state index contributed by atoms with van der Waals surface area (Å²) < 4.78 is 15.0. The summed E-state index contributed by atoms with van der Waals surface area (Å²) in [4.78, 5) is 23.4. The minimum absolute atomic E-state index is 0.0243. The van der Waals surface area contributed by atoms with Crippen LogP contribution in [0.5, 0.6) is 0 Å². The van der Waals surface area contributed by atoms with Crippen LogP contribution in [0.15, 0.2) is 54.7 Å². The van der Waals surface area contributed by atoms with E-state index < -0.39 is 0 Å². The number of anilines is 1. The van der Waals surface area contributed by atoms with Gasteiger partial charge in [0.05, 0.1) is 5.52 Å². The predicted molar refractivity (Wildman–Crippen MR) is 87.0 cm³/mol. The van der Waals surface area contributed by atoms with Gasteiger partial charge < -0.3 is 9.88 Å². The van der Waals surface area contributed by atoms with Crippen LogP contribution in [-0.2, 0) is 11.3 Å². The quantitative estimate of drug-likeness (QED) is 0.748. The first-order chi connectivity index (χ1) is 11.0. The van der Waals surface area contributed by atoms with Crippen LogP contribution in [-0.4, -0.2) is 16.3 Å². The van der Waals surface area contributed by atoms with Crippen molar-refractivity contribution in [1.29, 1.82) is 0 Å². The number of fused-ring (bicyclic) bond motifs is 1. The molecule has 1 aromatic heterocycles. The molecule has 1 heterocycles. The van der Waals surface area contributed by atoms with Crippen molar-refractivity contribution in [2.75, 3.05) is 5.32 Å². The highest BCUT2D eigenvalue weighted by molar-refractivity contribution is 5.96. The molecule has 0 fully saturated rings. The number of benzene rings is 2. The average molecular weight is 310 g/mol. The number of amides is 1. The Morgan fingerprint density at radius 1 is 1.09 bits per heavy atom. The Morgan fingerprint density at radius 2 is 1.83 bits per heavy atom. The molecule has 0 aliphatic rings. The Bertz CT molecular complexity index is 882. The summed E-state index contributed by atoms with van der Waals surface area (Å²) in [5.74, 6) is -0.580. The zero-order valence-corrected chi connectivity index (χ0v) is 12.5. The van der Waals surface area contributed by atoms with Crippen molar-refractivity contribution in [2.24, 2.45) is 0 Å². The molecular weight excluding hydrogens is 295 g/mol. The molecule has 116 valence electrons. The van der Waals surface area contributed by atoms with Crippen LogP contribution in [0.25, 0.3) is 10.9 Å². The van der Waals surface area contributed by atoms with E-state index in [1.807, 2.05) is 6.07 Å². The number of carbonyl (C=O) groups is 2. The van der Waals surface area contributed by atoms with Crippen LogP contribution in [0, 0.1) is 5.82 Å². The van der Waals surface area contributed by atoms with Gasteiger partial charge in [0.1, 0.15) is 12.4 Å². The molecule has 3 rings (SSSR count). The monoisotopic (exact) mass is 310 g/mol. The van der Waals surface area contributed by atoms with E-state index in [0.29, 0.717) is 16.8 Å². The van der Waals surface area contributed by atoms with Crippen LogP contribution in [0.3, 0.4) is 0 Å². The molecule has 0 spiro atoms. The maximum absolute atomic E-state index is 13.3. The fraction of sp³-hybridized carbons (Fsp3) is 0.111. The van der Waals surface area contributed by atoms with Gasteiger partial charge in [-0.25, -0.2) is 4.39 Å². The fourth-order valence-electron chi connectivity index (χ4n) is 2.44. The second-order valence-corrected chi connectivity index (χ2v) is 5.33. The van der Waals surface area contributed by atoms with Crippen molar-refractivity contribution in [3.8, 4) is 0 Å². The molecule has 1 N–H and O–H groups in total. The lowest BCUT2D eigenvalue weighted by Crippen LogP contribution is -2.18. The highest BCUT2D eigenvalue weighted by Gasteiger charge is 2.08. The minimum Gasteiger partial charge on any atom is -0.338 e. The topological polar surface area (TPSA) is 51.1 Å². The summed E-state index contributed by atoms with van der Waals surface area (Å²) in [6, 6.07) is 13.0. The SMILES string of the molecule is CC(=O)c1ccc(NC(=O)Cn2ccc3ccc(F)cc32)cc1. The predicted octanol–water partition coefficient (Wildman–Crippen LogP) is 3.62. The summed E-state index contributed by atoms with van der Waals surface area (Å²) >= 11 is 0. The number of carbonyl (C=O) groups excluding carboxylic acids is 2. The lowest BCUT2D eigenvalue weighted by Gasteiger charge is -2.08. The zero-order chi connectivity index (χ0) is 16.4. The van der Waals surface area contributed by atoms with Gasteiger partial charge in [0.2, 0.25) is 5.91 Å². The molecule has 0 unspecified atom stereocenters. The van der Waals surface area contributed by atoms with Gasteiger partial charge in [0, 0.05) is 17.4 Å². The van der Waals surface area contributed by atoms with Crippen LogP contribution >= 0.6 is 0 Å². The molecule has 4 nitrogen and oxygen atoms in total. The second kappa shape index (κ2) is 6.04. The van der Waals surface area contributed by atoms with Crippen LogP contribution in [0.2, 0.25) is 0 Å². The highest BCUT2D eigenvalue weighted by Crippen LogP contribution is 2.17. The largest absolute Gasteiger partial charge is 0.338 e. The van der Waals surface area contributed by atoms with Gasteiger partial charge in [-0.1, -0.05) is 0 Å². The summed E-state index contributed by atoms with van der Waals surface area (Å²) in [7, 11) is 0. The number of Topliss-reactive ketones (excluding diaryl/α,β-unsaturated/α-hetero) is 1. The maximum Gasteiger partial charge on any atom is 0.244 e. The van der Waals surface area contributed by atoms with Crippen molar-refractivity contribution in [3.63, 3.8) is 0 Å². The normalized spacial score (nSPS) is 10.7. The first-order valence-electron chi connectivity index (χ1n) is 7.18. The molecular formula is C18H15FN2O2. The van der Waals surface area contributed by atoms with Crippen molar-refractivity contribution in [3.05, 3.63) is 66.1 Å². The molecule has 0 radical (unpaired) electrons. The van der Waals surface area contributed by atoms with E-state index in [1.165, 1.54) is 19.1 Å². The van der Waals surface area contributed by atoms with Crippen molar-refractivity contribution < 1.29 is 14.0 Å². The number of hydrogen-bond acceptors (Lipinski definition) is 2. The van der Waals surface area contributed by atoms with Crippen molar-refractivity contribution >= 4 is 28.3 Å². The standard InChI is InChI=1S/C18H15FN2O2/c1-12(22)13-3-6-16(7-4-13)20-18(23)11-21-9-8-14-2-5-15(19)10-17(14)21/h2-10H,11H2,1H3,(H,20,23). The first-order valence-corrected chi connectivity index (χ1v) is 7.18. The fourth-order valence-corrected chi connectivity index (χ4v) is 2.44. The Kier molecular flexibility index (Phi) is 3.93. The molecule has 0 aliphatic carbocycles. The van der Waals surface area contributed by atoms with Gasteiger partial charge >= 0.3 is 0 Å². The average Bonchev–Trinajstić information content (AvgIpc) is 2.90. The van der Waals surface area contributed by atoms with E-state index in [4.69, 9.17) is 0 Å². The molecule has 0 saturated carbocycles. The van der Waals surface area contributed by atoms with E-state index >= 15 is 0 Å². The van der Waals surface area contributed by atoms with E-state index in [2.05, 4.69) is 5.32 Å². The second-order valence-electron chi connectivity index (χ2n) is 5.33. The smallest absolute Gasteiger partial charge is 0.244 e. The molecule has 23 heavy (non-hydrogen) atoms. The molecule has 5 heteroatoms. The van der Waals surface area contributed by atoms with Crippen molar-refractivity contribution in [1.82, 2.24) is 4.57 Å². The maximum atomic E-state index is 13.3. The van der Waals surface area contributed by atoms with E-state index in [1.54, 1.807) is 41.1 Å². The Balaban J connectivity index is 1.73. The summed E-state index contributed by atoms with van der Waals surface area (Å²) in [5, 5.41) is 3.64. The third-order valence-corrected chi connectivity index (χ3v) is 3.63. The Labute approximate surface area is 132 Å². The summed E-state index contributed by atoms with van der Waals surface area (Å²) in [6.45, 7) is 1.57. The molecule has 1 amide bonds. The van der Waals surface area contributed by atoms with Gasteiger partial charge in [0.25, 0.3) is 0 Å². The highest BCUT2D eigenvalue weighted by atomic mass is 19.1. The van der Waals surface area contributed by atoms with Gasteiger partial charge in [0.15, 0.2) is 5.78 Å². The molecule has 3 aromatic rings. The number of hydrogen-bond donors (Lipinski definition) is 1. The molecule has 2 aromatic carbocycles. The number of nitrogens with one attached hydrogen (secondary N) is 1. The molecule has 0 aliphatic heterocycles. The Hall–Kier alpha value is -2.95. The molecule has 0 bridgehead atoms. The zero-order valence-electron chi connectivity index (χ0n) is 12.5. The van der Waals surface area contributed by atoms with E-state index in [9.17, 15) is 14.0 Å². The van der Waals surface area contributed by atoms with Crippen LogP contribution < -0.4 is 5.32 Å². The first kappa shape index (κ1) is 15.0. The number of rotatable bonds is 4. The van der Waals surface area contributed by atoms with Crippen LogP contribution in [0.4, 0.5) is 10.1 Å². The summed E-state index contributed by atoms with van der Waals surface area (Å²) in [6.07, 6.45) is 1.75.